The quantitative estimate of drug-likeness (QED) is 0.384. The smallest absolute Gasteiger partial charge is 0.330 e. The SMILES string of the molecule is NC(=O)C(O)(c1ccccc1)c1cc(Cl)cc(OC(=O)C2CCCN2N)c1Cl. The normalized spacial score (nSPS) is 19.2. The van der Waals surface area contributed by atoms with E-state index in [2.05, 4.69) is 0 Å². The second kappa shape index (κ2) is 8.06. The molecule has 1 heterocycles. The number of hydrogen-bond acceptors (Lipinski definition) is 6. The van der Waals surface area contributed by atoms with Crippen LogP contribution in [-0.4, -0.2) is 34.6 Å². The van der Waals surface area contributed by atoms with Crippen LogP contribution in [0.15, 0.2) is 42.5 Å². The fraction of sp³-hybridized carbons (Fsp3) is 0.263. The summed E-state index contributed by atoms with van der Waals surface area (Å²) < 4.78 is 5.39. The molecule has 0 aliphatic carbocycles. The predicted octanol–water partition coefficient (Wildman–Crippen LogP) is 1.96. The molecule has 0 spiro atoms. The van der Waals surface area contributed by atoms with Crippen molar-refractivity contribution in [3.05, 3.63) is 63.6 Å². The lowest BCUT2D eigenvalue weighted by Crippen LogP contribution is -2.43. The summed E-state index contributed by atoms with van der Waals surface area (Å²) in [5, 5.41) is 12.5. The lowest BCUT2D eigenvalue weighted by Gasteiger charge is -2.27. The van der Waals surface area contributed by atoms with Crippen LogP contribution in [0.4, 0.5) is 0 Å². The summed E-state index contributed by atoms with van der Waals surface area (Å²) in [6, 6.07) is 10.1. The van der Waals surface area contributed by atoms with Gasteiger partial charge in [-0.2, -0.15) is 0 Å². The van der Waals surface area contributed by atoms with Crippen LogP contribution in [0.25, 0.3) is 0 Å². The van der Waals surface area contributed by atoms with E-state index in [1.807, 2.05) is 0 Å². The number of nitrogens with zero attached hydrogens (tertiary/aromatic N) is 1. The molecule has 2 atom stereocenters. The third-order valence-electron chi connectivity index (χ3n) is 4.72. The minimum atomic E-state index is -2.27. The third kappa shape index (κ3) is 3.72. The number of hydrazine groups is 1. The number of rotatable bonds is 5. The Morgan fingerprint density at radius 3 is 2.46 bits per heavy atom. The van der Waals surface area contributed by atoms with Gasteiger partial charge in [0.05, 0.1) is 5.02 Å². The molecule has 1 saturated heterocycles. The molecule has 28 heavy (non-hydrogen) atoms. The summed E-state index contributed by atoms with van der Waals surface area (Å²) in [4.78, 5) is 24.7. The van der Waals surface area contributed by atoms with Crippen molar-refractivity contribution in [1.82, 2.24) is 5.01 Å². The minimum absolute atomic E-state index is 0.0841. The average molecular weight is 424 g/mol. The molecule has 2 aromatic rings. The number of amides is 1. The zero-order valence-corrected chi connectivity index (χ0v) is 16.3. The van der Waals surface area contributed by atoms with E-state index in [0.717, 1.165) is 6.42 Å². The molecule has 0 saturated carbocycles. The number of nitrogens with two attached hydrogens (primary N) is 2. The number of hydrogen-bond donors (Lipinski definition) is 3. The van der Waals surface area contributed by atoms with Gasteiger partial charge in [-0.15, -0.1) is 0 Å². The first-order valence-corrected chi connectivity index (χ1v) is 9.31. The van der Waals surface area contributed by atoms with Crippen LogP contribution in [-0.2, 0) is 15.2 Å². The zero-order chi connectivity index (χ0) is 20.5. The van der Waals surface area contributed by atoms with Gasteiger partial charge in [0, 0.05) is 23.2 Å². The van der Waals surface area contributed by atoms with Crippen LogP contribution in [0.1, 0.15) is 24.0 Å². The van der Waals surface area contributed by atoms with Gasteiger partial charge in [0.15, 0.2) is 11.4 Å². The molecular formula is C19H19Cl2N3O4. The van der Waals surface area contributed by atoms with E-state index in [1.54, 1.807) is 18.2 Å². The molecule has 7 nitrogen and oxygen atoms in total. The molecule has 2 aromatic carbocycles. The summed E-state index contributed by atoms with van der Waals surface area (Å²) in [6.45, 7) is 0.573. The summed E-state index contributed by atoms with van der Waals surface area (Å²) in [5.74, 6) is 4.04. The fourth-order valence-electron chi connectivity index (χ4n) is 3.23. The lowest BCUT2D eigenvalue weighted by molar-refractivity contribution is -0.139. The molecule has 1 amide bonds. The van der Waals surface area contributed by atoms with Gasteiger partial charge in [0.2, 0.25) is 0 Å². The molecular weight excluding hydrogens is 405 g/mol. The number of benzene rings is 2. The standard InChI is InChI=1S/C19H19Cl2N3O4/c20-12-9-13(19(27,18(22)26)11-5-2-1-3-6-11)16(21)15(10-12)28-17(25)14-7-4-8-24(14)23/h1-3,5-6,9-10,14,27H,4,7-8,23H2,(H2,22,26). The summed E-state index contributed by atoms with van der Waals surface area (Å²) in [6.07, 6.45) is 1.32. The molecule has 2 unspecified atom stereocenters. The van der Waals surface area contributed by atoms with Crippen LogP contribution in [0.3, 0.4) is 0 Å². The van der Waals surface area contributed by atoms with Gasteiger partial charge in [0.25, 0.3) is 5.91 Å². The number of aliphatic hydroxyl groups is 1. The number of carbonyl (C=O) groups excluding carboxylic acids is 2. The molecule has 0 bridgehead atoms. The van der Waals surface area contributed by atoms with Crippen LogP contribution in [0.2, 0.25) is 10.0 Å². The van der Waals surface area contributed by atoms with Crippen LogP contribution < -0.4 is 16.3 Å². The van der Waals surface area contributed by atoms with E-state index in [9.17, 15) is 14.7 Å². The van der Waals surface area contributed by atoms with Gasteiger partial charge >= 0.3 is 5.97 Å². The molecule has 1 fully saturated rings. The molecule has 0 radical (unpaired) electrons. The first-order chi connectivity index (χ1) is 13.2. The van der Waals surface area contributed by atoms with Gasteiger partial charge in [-0.3, -0.25) is 10.6 Å². The molecule has 0 aromatic heterocycles. The highest BCUT2D eigenvalue weighted by Crippen LogP contribution is 2.41. The van der Waals surface area contributed by atoms with Crippen molar-refractivity contribution < 1.29 is 19.4 Å². The monoisotopic (exact) mass is 423 g/mol. The Kier molecular flexibility index (Phi) is 5.92. The van der Waals surface area contributed by atoms with E-state index in [1.165, 1.54) is 29.3 Å². The average Bonchev–Trinajstić information content (AvgIpc) is 3.10. The van der Waals surface area contributed by atoms with Crippen molar-refractivity contribution in [1.29, 1.82) is 0 Å². The number of ether oxygens (including phenoxy) is 1. The third-order valence-corrected chi connectivity index (χ3v) is 5.33. The van der Waals surface area contributed by atoms with E-state index in [4.69, 9.17) is 39.5 Å². The van der Waals surface area contributed by atoms with Gasteiger partial charge < -0.3 is 15.6 Å². The van der Waals surface area contributed by atoms with Gasteiger partial charge in [-0.05, 0) is 24.5 Å². The summed E-state index contributed by atoms with van der Waals surface area (Å²) >= 11 is 12.5. The number of carbonyl (C=O) groups is 2. The van der Waals surface area contributed by atoms with Crippen LogP contribution in [0.5, 0.6) is 5.75 Å². The Hall–Kier alpha value is -2.16. The van der Waals surface area contributed by atoms with Crippen molar-refractivity contribution in [2.45, 2.75) is 24.5 Å². The first kappa shape index (κ1) is 20.6. The number of esters is 1. The van der Waals surface area contributed by atoms with E-state index < -0.39 is 23.5 Å². The highest BCUT2D eigenvalue weighted by molar-refractivity contribution is 6.35. The van der Waals surface area contributed by atoms with Crippen molar-refractivity contribution in [3.63, 3.8) is 0 Å². The molecule has 5 N–H and O–H groups in total. The fourth-order valence-corrected chi connectivity index (χ4v) is 3.72. The predicted molar refractivity (Wildman–Crippen MR) is 105 cm³/mol. The molecule has 148 valence electrons. The Bertz CT molecular complexity index is 910. The van der Waals surface area contributed by atoms with Gasteiger partial charge in [-0.25, -0.2) is 9.80 Å². The Morgan fingerprint density at radius 2 is 1.89 bits per heavy atom. The van der Waals surface area contributed by atoms with Crippen LogP contribution >= 0.6 is 23.2 Å². The Balaban J connectivity index is 2.05. The maximum absolute atomic E-state index is 12.5. The van der Waals surface area contributed by atoms with Crippen molar-refractivity contribution in [2.75, 3.05) is 6.54 Å². The highest BCUT2D eigenvalue weighted by Gasteiger charge is 2.41. The topological polar surface area (TPSA) is 119 Å². The van der Waals surface area contributed by atoms with Crippen molar-refractivity contribution in [2.24, 2.45) is 11.6 Å². The van der Waals surface area contributed by atoms with Gasteiger partial charge in [0.1, 0.15) is 6.04 Å². The van der Waals surface area contributed by atoms with E-state index >= 15 is 0 Å². The number of primary amides is 1. The first-order valence-electron chi connectivity index (χ1n) is 8.55. The number of halogens is 2. The summed E-state index contributed by atoms with van der Waals surface area (Å²) in [5.41, 5.74) is 3.35. The minimum Gasteiger partial charge on any atom is -0.424 e. The molecule has 1 aliphatic heterocycles. The van der Waals surface area contributed by atoms with E-state index in [0.29, 0.717) is 13.0 Å². The highest BCUT2D eigenvalue weighted by atomic mass is 35.5. The molecule has 9 heteroatoms. The Morgan fingerprint density at radius 1 is 1.21 bits per heavy atom. The zero-order valence-electron chi connectivity index (χ0n) is 14.8. The second-order valence-electron chi connectivity index (χ2n) is 6.52. The summed E-state index contributed by atoms with van der Waals surface area (Å²) in [7, 11) is 0. The molecule has 1 aliphatic rings. The lowest BCUT2D eigenvalue weighted by atomic mass is 9.85. The van der Waals surface area contributed by atoms with E-state index in [-0.39, 0.29) is 26.9 Å². The van der Waals surface area contributed by atoms with Crippen molar-refractivity contribution >= 4 is 35.1 Å². The van der Waals surface area contributed by atoms with Crippen LogP contribution in [0, 0.1) is 0 Å². The van der Waals surface area contributed by atoms with Crippen molar-refractivity contribution in [3.8, 4) is 5.75 Å². The largest absolute Gasteiger partial charge is 0.424 e. The maximum Gasteiger partial charge on any atom is 0.330 e. The molecule has 3 rings (SSSR count). The maximum atomic E-state index is 12.5. The van der Waals surface area contributed by atoms with Gasteiger partial charge in [-0.1, -0.05) is 53.5 Å². The second-order valence-corrected chi connectivity index (χ2v) is 7.34. The Labute approximate surface area is 171 Å².